The second kappa shape index (κ2) is 7.66. The summed E-state index contributed by atoms with van der Waals surface area (Å²) in [6.45, 7) is 7.06. The van der Waals surface area contributed by atoms with Crippen LogP contribution in [0.3, 0.4) is 0 Å². The van der Waals surface area contributed by atoms with E-state index in [-0.39, 0.29) is 23.6 Å². The van der Waals surface area contributed by atoms with Gasteiger partial charge in [0.15, 0.2) is 0 Å². The first-order chi connectivity index (χ1) is 12.3. The van der Waals surface area contributed by atoms with Crippen LogP contribution in [0.1, 0.15) is 56.8 Å². The van der Waals surface area contributed by atoms with Gasteiger partial charge in [-0.3, -0.25) is 4.79 Å². The van der Waals surface area contributed by atoms with Crippen molar-refractivity contribution >= 4 is 17.6 Å². The number of carbonyl (C=O) groups is 2. The zero-order chi connectivity index (χ0) is 18.7. The Morgan fingerprint density at radius 3 is 2.42 bits per heavy atom. The third-order valence-electron chi connectivity index (χ3n) is 4.95. The van der Waals surface area contributed by atoms with Crippen LogP contribution in [0.2, 0.25) is 0 Å². The first-order valence-corrected chi connectivity index (χ1v) is 9.47. The first kappa shape index (κ1) is 18.7. The third kappa shape index (κ3) is 4.75. The molecule has 0 bridgehead atoms. The lowest BCUT2D eigenvalue weighted by Gasteiger charge is -2.41. The van der Waals surface area contributed by atoms with Crippen LogP contribution in [0, 0.1) is 0 Å². The molecule has 1 heterocycles. The molecule has 1 aromatic carbocycles. The summed E-state index contributed by atoms with van der Waals surface area (Å²) in [6, 6.07) is 7.22. The molecule has 0 radical (unpaired) electrons. The average molecular weight is 359 g/mol. The van der Waals surface area contributed by atoms with E-state index >= 15 is 0 Å². The summed E-state index contributed by atoms with van der Waals surface area (Å²) in [6.07, 6.45) is 4.51. The van der Waals surface area contributed by atoms with E-state index in [1.165, 1.54) is 12.8 Å². The Morgan fingerprint density at radius 2 is 1.81 bits per heavy atom. The second-order valence-corrected chi connectivity index (χ2v) is 8.03. The number of hydrogen-bond acceptors (Lipinski definition) is 3. The number of benzene rings is 1. The minimum Gasteiger partial charge on any atom is -0.369 e. The summed E-state index contributed by atoms with van der Waals surface area (Å²) >= 11 is 0. The van der Waals surface area contributed by atoms with Crippen molar-refractivity contribution in [3.05, 3.63) is 29.8 Å². The van der Waals surface area contributed by atoms with Crippen molar-refractivity contribution in [2.45, 2.75) is 64.2 Å². The average Bonchev–Trinajstić information content (AvgIpc) is 3.06. The predicted molar refractivity (Wildman–Crippen MR) is 101 cm³/mol. The van der Waals surface area contributed by atoms with Gasteiger partial charge in [0.2, 0.25) is 0 Å². The van der Waals surface area contributed by atoms with Gasteiger partial charge in [0.05, 0.1) is 18.2 Å². The Hall–Kier alpha value is -2.08. The summed E-state index contributed by atoms with van der Waals surface area (Å²) < 4.78 is 5.83. The maximum absolute atomic E-state index is 12.5. The Kier molecular flexibility index (Phi) is 5.51. The maximum atomic E-state index is 12.5. The number of amides is 3. The van der Waals surface area contributed by atoms with Crippen LogP contribution in [-0.2, 0) is 4.74 Å². The van der Waals surface area contributed by atoms with Crippen molar-refractivity contribution in [2.75, 3.05) is 18.4 Å². The predicted octanol–water partition coefficient (Wildman–Crippen LogP) is 3.39. The fourth-order valence-corrected chi connectivity index (χ4v) is 3.85. The van der Waals surface area contributed by atoms with Gasteiger partial charge in [-0.15, -0.1) is 0 Å². The van der Waals surface area contributed by atoms with E-state index in [2.05, 4.69) is 10.6 Å². The van der Waals surface area contributed by atoms with E-state index in [9.17, 15) is 9.59 Å². The molecule has 1 unspecified atom stereocenters. The van der Waals surface area contributed by atoms with Crippen LogP contribution in [0.25, 0.3) is 0 Å². The molecule has 142 valence electrons. The molecule has 1 aromatic rings. The molecule has 2 aliphatic rings. The van der Waals surface area contributed by atoms with Crippen molar-refractivity contribution in [3.63, 3.8) is 0 Å². The van der Waals surface area contributed by atoms with Gasteiger partial charge in [-0.05, 0) is 57.9 Å². The fourth-order valence-electron chi connectivity index (χ4n) is 3.85. The van der Waals surface area contributed by atoms with Gasteiger partial charge in [-0.2, -0.15) is 0 Å². The Bertz CT molecular complexity index is 651. The minimum absolute atomic E-state index is 0.00570. The highest BCUT2D eigenvalue weighted by atomic mass is 16.5. The Labute approximate surface area is 155 Å². The standard InChI is InChI=1S/C20H29N3O3/c1-14-12-23(13-20(2,3)26-14)19(25)22-17-10-8-15(9-11-17)18(24)21-16-6-4-5-7-16/h8-11,14,16H,4-7,12-13H2,1-3H3,(H,21,24)(H,22,25). The fraction of sp³-hybridized carbons (Fsp3) is 0.600. The molecule has 3 amide bonds. The normalized spacial score (nSPS) is 22.9. The van der Waals surface area contributed by atoms with Gasteiger partial charge < -0.3 is 20.3 Å². The van der Waals surface area contributed by atoms with Crippen molar-refractivity contribution in [1.82, 2.24) is 10.2 Å². The van der Waals surface area contributed by atoms with Crippen LogP contribution in [-0.4, -0.2) is 47.7 Å². The van der Waals surface area contributed by atoms with Gasteiger partial charge in [0, 0.05) is 23.8 Å². The Balaban J connectivity index is 1.56. The molecule has 0 aromatic heterocycles. The highest BCUT2D eigenvalue weighted by molar-refractivity contribution is 5.95. The molecule has 1 aliphatic heterocycles. The third-order valence-corrected chi connectivity index (χ3v) is 4.95. The Morgan fingerprint density at radius 1 is 1.15 bits per heavy atom. The topological polar surface area (TPSA) is 70.7 Å². The number of hydrogen-bond donors (Lipinski definition) is 2. The lowest BCUT2D eigenvalue weighted by Crippen LogP contribution is -2.54. The molecule has 26 heavy (non-hydrogen) atoms. The largest absolute Gasteiger partial charge is 0.369 e. The second-order valence-electron chi connectivity index (χ2n) is 8.03. The van der Waals surface area contributed by atoms with Crippen LogP contribution >= 0.6 is 0 Å². The van der Waals surface area contributed by atoms with Crippen molar-refractivity contribution < 1.29 is 14.3 Å². The van der Waals surface area contributed by atoms with Gasteiger partial charge in [-0.1, -0.05) is 12.8 Å². The van der Waals surface area contributed by atoms with E-state index in [4.69, 9.17) is 4.74 Å². The van der Waals surface area contributed by atoms with E-state index in [0.29, 0.717) is 30.4 Å². The van der Waals surface area contributed by atoms with E-state index in [0.717, 1.165) is 12.8 Å². The highest BCUT2D eigenvalue weighted by Crippen LogP contribution is 2.22. The molecule has 1 saturated heterocycles. The van der Waals surface area contributed by atoms with Gasteiger partial charge in [0.1, 0.15) is 0 Å². The summed E-state index contributed by atoms with van der Waals surface area (Å²) in [5.74, 6) is -0.0430. The molecular weight excluding hydrogens is 330 g/mol. The monoisotopic (exact) mass is 359 g/mol. The molecule has 1 saturated carbocycles. The number of rotatable bonds is 3. The molecule has 6 heteroatoms. The van der Waals surface area contributed by atoms with Gasteiger partial charge in [-0.25, -0.2) is 4.79 Å². The molecule has 1 atom stereocenters. The molecule has 0 spiro atoms. The van der Waals surface area contributed by atoms with E-state index in [1.807, 2.05) is 20.8 Å². The summed E-state index contributed by atoms with van der Waals surface area (Å²) in [5.41, 5.74) is 0.956. The zero-order valence-corrected chi connectivity index (χ0v) is 15.9. The van der Waals surface area contributed by atoms with Gasteiger partial charge in [0.25, 0.3) is 5.91 Å². The van der Waals surface area contributed by atoms with Crippen LogP contribution in [0.4, 0.5) is 10.5 Å². The lowest BCUT2D eigenvalue weighted by molar-refractivity contribution is -0.116. The van der Waals surface area contributed by atoms with Crippen LogP contribution in [0.5, 0.6) is 0 Å². The van der Waals surface area contributed by atoms with Crippen molar-refractivity contribution in [3.8, 4) is 0 Å². The molecule has 3 rings (SSSR count). The van der Waals surface area contributed by atoms with Crippen LogP contribution < -0.4 is 10.6 Å². The molecule has 2 N–H and O–H groups in total. The number of morpholine rings is 1. The highest BCUT2D eigenvalue weighted by Gasteiger charge is 2.33. The molecule has 2 fully saturated rings. The number of carbonyl (C=O) groups excluding carboxylic acids is 2. The lowest BCUT2D eigenvalue weighted by atomic mass is 10.1. The molecule has 6 nitrogen and oxygen atoms in total. The number of anilines is 1. The minimum atomic E-state index is -0.350. The van der Waals surface area contributed by atoms with E-state index in [1.54, 1.807) is 29.2 Å². The van der Waals surface area contributed by atoms with E-state index < -0.39 is 0 Å². The quantitative estimate of drug-likeness (QED) is 0.869. The molecule has 1 aliphatic carbocycles. The van der Waals surface area contributed by atoms with Gasteiger partial charge >= 0.3 is 6.03 Å². The number of ether oxygens (including phenoxy) is 1. The van der Waals surface area contributed by atoms with Crippen molar-refractivity contribution in [2.24, 2.45) is 0 Å². The molecular formula is C20H29N3O3. The zero-order valence-electron chi connectivity index (χ0n) is 15.9. The van der Waals surface area contributed by atoms with Crippen molar-refractivity contribution in [1.29, 1.82) is 0 Å². The summed E-state index contributed by atoms with van der Waals surface area (Å²) in [5, 5.41) is 5.98. The summed E-state index contributed by atoms with van der Waals surface area (Å²) in [4.78, 5) is 26.6. The number of nitrogens with zero attached hydrogens (tertiary/aromatic N) is 1. The SMILES string of the molecule is CC1CN(C(=O)Nc2ccc(C(=O)NC3CCCC3)cc2)CC(C)(C)O1. The van der Waals surface area contributed by atoms with Crippen LogP contribution in [0.15, 0.2) is 24.3 Å². The maximum Gasteiger partial charge on any atom is 0.322 e. The smallest absolute Gasteiger partial charge is 0.322 e. The number of urea groups is 1. The number of nitrogens with one attached hydrogen (secondary N) is 2. The summed E-state index contributed by atoms with van der Waals surface area (Å²) in [7, 11) is 0. The first-order valence-electron chi connectivity index (χ1n) is 9.47.